The first kappa shape index (κ1) is 29.6. The highest BCUT2D eigenvalue weighted by Crippen LogP contribution is 2.47. The molecular weight excluding hydrogens is 591 g/mol. The summed E-state index contributed by atoms with van der Waals surface area (Å²) in [6, 6.07) is 8.69. The van der Waals surface area contributed by atoms with Crippen molar-refractivity contribution in [1.82, 2.24) is 0 Å². The second kappa shape index (κ2) is 12.0. The predicted octanol–water partition coefficient (Wildman–Crippen LogP) is 4.58. The minimum Gasteiger partial charge on any atom is -0.748 e. The lowest BCUT2D eigenvalue weighted by molar-refractivity contribution is -0.668. The summed E-state index contributed by atoms with van der Waals surface area (Å²) in [7, 11) is -8.80. The number of anilines is 1. The van der Waals surface area contributed by atoms with Gasteiger partial charge >= 0.3 is 0 Å². The molecule has 8 nitrogen and oxygen atoms in total. The average Bonchev–Trinajstić information content (AvgIpc) is 3.34. The number of fused-ring (bicyclic) bond motifs is 2. The van der Waals surface area contributed by atoms with Crippen molar-refractivity contribution in [3.63, 3.8) is 0 Å². The summed E-state index contributed by atoms with van der Waals surface area (Å²) in [4.78, 5) is 2.57. The van der Waals surface area contributed by atoms with Gasteiger partial charge < -0.3 is 14.0 Å². The topological polar surface area (TPSA) is 122 Å². The van der Waals surface area contributed by atoms with E-state index in [1.165, 1.54) is 47.4 Å². The van der Waals surface area contributed by atoms with Gasteiger partial charge in [-0.3, -0.25) is 0 Å². The average molecular weight is 616 g/mol. The van der Waals surface area contributed by atoms with Crippen LogP contribution < -0.4 is 9.47 Å². The molecule has 0 N–H and O–H groups in total. The molecule has 0 saturated heterocycles. The zero-order valence-electron chi connectivity index (χ0n) is 20.8. The van der Waals surface area contributed by atoms with E-state index >= 15 is 0 Å². The maximum absolute atomic E-state index is 14.0. The van der Waals surface area contributed by atoms with Crippen LogP contribution in [-0.2, 0) is 26.8 Å². The number of halogens is 2. The number of hydrogen-bond acceptors (Lipinski definition) is 9. The van der Waals surface area contributed by atoms with Crippen molar-refractivity contribution in [3.05, 3.63) is 69.7 Å². The van der Waals surface area contributed by atoms with Gasteiger partial charge in [0.15, 0.2) is 6.54 Å². The fraction of sp³-hybridized carbons (Fsp3) is 0.320. The van der Waals surface area contributed by atoms with Gasteiger partial charge in [0.1, 0.15) is 16.3 Å². The van der Waals surface area contributed by atoms with Crippen LogP contribution >= 0.6 is 23.1 Å². The second-order valence-corrected chi connectivity index (χ2v) is 14.0. The molecule has 2 heterocycles. The van der Waals surface area contributed by atoms with Crippen LogP contribution in [0.15, 0.2) is 58.0 Å². The molecule has 0 aliphatic carbocycles. The van der Waals surface area contributed by atoms with Gasteiger partial charge in [-0.25, -0.2) is 25.6 Å². The van der Waals surface area contributed by atoms with Gasteiger partial charge in [0.25, 0.3) is 5.01 Å². The Kier molecular flexibility index (Phi) is 9.13. The van der Waals surface area contributed by atoms with Gasteiger partial charge in [-0.05, 0) is 54.8 Å². The van der Waals surface area contributed by atoms with Crippen LogP contribution in [0.1, 0.15) is 31.2 Å². The zero-order valence-corrected chi connectivity index (χ0v) is 24.1. The van der Waals surface area contributed by atoms with Crippen LogP contribution in [0.25, 0.3) is 16.3 Å². The number of aromatic nitrogens is 1. The molecule has 210 valence electrons. The Hall–Kier alpha value is -2.36. The Balaban J connectivity index is 1.71. The van der Waals surface area contributed by atoms with Gasteiger partial charge in [0, 0.05) is 41.5 Å². The summed E-state index contributed by atoms with van der Waals surface area (Å²) in [5.41, 5.74) is 2.01. The van der Waals surface area contributed by atoms with E-state index in [1.807, 2.05) is 19.1 Å². The number of rotatable bonds is 11. The van der Waals surface area contributed by atoms with Gasteiger partial charge in [0.2, 0.25) is 5.52 Å². The first-order valence-corrected chi connectivity index (χ1v) is 16.8. The molecule has 1 aliphatic heterocycles. The quantitative estimate of drug-likeness (QED) is 0.227. The van der Waals surface area contributed by atoms with E-state index in [4.69, 9.17) is 0 Å². The molecule has 0 radical (unpaired) electrons. The summed E-state index contributed by atoms with van der Waals surface area (Å²) >= 11 is 2.78. The van der Waals surface area contributed by atoms with E-state index in [2.05, 4.69) is 0 Å². The third-order valence-corrected chi connectivity index (χ3v) is 9.77. The van der Waals surface area contributed by atoms with E-state index in [0.717, 1.165) is 25.2 Å². The molecule has 14 heteroatoms. The maximum Gasteiger partial charge on any atom is 0.263 e. The Morgan fingerprint density at radius 1 is 1.00 bits per heavy atom. The Morgan fingerprint density at radius 2 is 1.67 bits per heavy atom. The molecule has 0 fully saturated rings. The normalized spacial score (nSPS) is 15.5. The summed E-state index contributed by atoms with van der Waals surface area (Å²) in [5.74, 6) is -1.97. The molecule has 0 bridgehead atoms. The van der Waals surface area contributed by atoms with E-state index in [9.17, 15) is 34.7 Å². The van der Waals surface area contributed by atoms with Crippen molar-refractivity contribution < 1.29 is 39.3 Å². The van der Waals surface area contributed by atoms with Crippen molar-refractivity contribution >= 4 is 65.3 Å². The van der Waals surface area contributed by atoms with Gasteiger partial charge in [0.05, 0.1) is 31.0 Å². The molecule has 4 rings (SSSR count). The van der Waals surface area contributed by atoms with Crippen LogP contribution in [0.2, 0.25) is 0 Å². The third kappa shape index (κ3) is 7.86. The molecule has 0 unspecified atom stereocenters. The van der Waals surface area contributed by atoms with Gasteiger partial charge in [-0.1, -0.05) is 30.0 Å². The highest BCUT2D eigenvalue weighted by atomic mass is 32.2. The molecule has 2 aromatic carbocycles. The Bertz CT molecular complexity index is 1670. The number of thiazole rings is 1. The van der Waals surface area contributed by atoms with Crippen molar-refractivity contribution in [3.8, 4) is 0 Å². The summed E-state index contributed by atoms with van der Waals surface area (Å²) in [6.45, 7) is 2.32. The lowest BCUT2D eigenvalue weighted by Gasteiger charge is -2.21. The second-order valence-electron chi connectivity index (χ2n) is 8.86. The zero-order chi connectivity index (χ0) is 28.4. The van der Waals surface area contributed by atoms with Crippen molar-refractivity contribution in [2.45, 2.75) is 37.6 Å². The van der Waals surface area contributed by atoms with Crippen molar-refractivity contribution in [2.24, 2.45) is 0 Å². The predicted molar refractivity (Wildman–Crippen MR) is 146 cm³/mol. The van der Waals surface area contributed by atoms with Crippen molar-refractivity contribution in [2.75, 3.05) is 23.0 Å². The molecule has 1 aromatic heterocycles. The SMILES string of the molecule is CCC(=C/c1sc2ccc(F)cc2[n+]1CCCS(=O)(=O)[O-])/C=C1/Sc2ccc(F)cc2N1CCCS(=O)(=O)[O-]. The van der Waals surface area contributed by atoms with E-state index in [0.29, 0.717) is 17.6 Å². The summed E-state index contributed by atoms with van der Waals surface area (Å²) < 4.78 is 97.4. The summed E-state index contributed by atoms with van der Waals surface area (Å²) in [6.07, 6.45) is 4.50. The largest absolute Gasteiger partial charge is 0.748 e. The number of allylic oxidation sites excluding steroid dienone is 2. The van der Waals surface area contributed by atoms with Crippen LogP contribution in [0, 0.1) is 11.6 Å². The van der Waals surface area contributed by atoms with E-state index < -0.39 is 43.4 Å². The highest BCUT2D eigenvalue weighted by Gasteiger charge is 2.26. The smallest absolute Gasteiger partial charge is 0.263 e. The van der Waals surface area contributed by atoms with Crippen LogP contribution in [0.5, 0.6) is 0 Å². The van der Waals surface area contributed by atoms with Gasteiger partial charge in [-0.15, -0.1) is 0 Å². The monoisotopic (exact) mass is 615 g/mol. The van der Waals surface area contributed by atoms with Gasteiger partial charge in [-0.2, -0.15) is 4.57 Å². The lowest BCUT2D eigenvalue weighted by Crippen LogP contribution is -2.36. The molecule has 0 atom stereocenters. The minimum atomic E-state index is -4.40. The van der Waals surface area contributed by atoms with E-state index in [-0.39, 0.29) is 25.9 Å². The maximum atomic E-state index is 14.0. The molecule has 3 aromatic rings. The Morgan fingerprint density at radius 3 is 2.36 bits per heavy atom. The number of thioether (sulfide) groups is 1. The standard InChI is InChI=1S/C25H26F2N2O6S4/c1-2-17(13-24-28(9-3-11-38(30,31)32)20-15-18(26)5-7-22(20)36-24)14-25-29(10-4-12-39(33,34)35)21-16-19(27)6-8-23(21)37-25/h5-8,13-16H,2-4,9-12H2,1H3,(H-,30,31,32,33,34,35)/p-1. The number of aryl methyl sites for hydroxylation is 1. The molecular formula is C25H25F2N2O6S4-. The van der Waals surface area contributed by atoms with Crippen LogP contribution in [0.4, 0.5) is 14.5 Å². The Labute approximate surface area is 234 Å². The van der Waals surface area contributed by atoms with Crippen LogP contribution in [0.3, 0.4) is 0 Å². The minimum absolute atomic E-state index is 0.0648. The summed E-state index contributed by atoms with van der Waals surface area (Å²) in [5, 5.41) is 1.45. The van der Waals surface area contributed by atoms with Crippen molar-refractivity contribution in [1.29, 1.82) is 0 Å². The first-order valence-electron chi connectivity index (χ1n) is 12.0. The number of benzene rings is 2. The fourth-order valence-electron chi connectivity index (χ4n) is 4.19. The number of hydrogen-bond donors (Lipinski definition) is 0. The highest BCUT2D eigenvalue weighted by molar-refractivity contribution is 8.03. The fourth-order valence-corrected chi connectivity index (χ4v) is 7.44. The van der Waals surface area contributed by atoms with Crippen LogP contribution in [-0.4, -0.2) is 44.0 Å². The third-order valence-electron chi connectivity index (χ3n) is 5.96. The molecule has 0 saturated carbocycles. The molecule has 39 heavy (non-hydrogen) atoms. The molecule has 0 amide bonds. The molecule has 0 spiro atoms. The molecule has 1 aliphatic rings. The number of nitrogens with zero attached hydrogens (tertiary/aromatic N) is 2. The lowest BCUT2D eigenvalue weighted by atomic mass is 10.2. The van der Waals surface area contributed by atoms with E-state index in [1.54, 1.807) is 21.6 Å². The first-order chi connectivity index (χ1) is 18.3.